The molecular weight excluding hydrogens is 310 g/mol. The molecular formula is C20H28N5+. The van der Waals surface area contributed by atoms with E-state index in [2.05, 4.69) is 51.6 Å². The molecule has 1 aromatic heterocycles. The molecule has 5 heteroatoms. The molecule has 0 bridgehead atoms. The van der Waals surface area contributed by atoms with Gasteiger partial charge in [-0.05, 0) is 12.1 Å². The van der Waals surface area contributed by atoms with Gasteiger partial charge in [-0.15, -0.1) is 0 Å². The highest BCUT2D eigenvalue weighted by Crippen LogP contribution is 2.26. The number of para-hydroxylation sites is 2. The highest BCUT2D eigenvalue weighted by molar-refractivity contribution is 6.03. The lowest BCUT2D eigenvalue weighted by Crippen LogP contribution is -2.38. The second-order valence-electron chi connectivity index (χ2n) is 6.24. The normalized spacial score (nSPS) is 11.4. The molecule has 0 fully saturated rings. The fourth-order valence-corrected chi connectivity index (χ4v) is 3.28. The molecule has 0 aliphatic rings. The van der Waals surface area contributed by atoms with Gasteiger partial charge in [-0.2, -0.15) is 4.57 Å². The van der Waals surface area contributed by atoms with Gasteiger partial charge in [0, 0.05) is 51.3 Å². The fraction of sp³-hybridized carbons (Fsp3) is 0.350. The number of nitrogens with two attached hydrogens (primary N) is 2. The van der Waals surface area contributed by atoms with Crippen LogP contribution in [0.3, 0.4) is 0 Å². The van der Waals surface area contributed by atoms with Crippen molar-refractivity contribution >= 4 is 27.5 Å². The van der Waals surface area contributed by atoms with E-state index in [9.17, 15) is 0 Å². The molecule has 1 heterocycles. The van der Waals surface area contributed by atoms with Crippen molar-refractivity contribution in [2.24, 2.45) is 5.73 Å². The monoisotopic (exact) mass is 338 g/mol. The zero-order valence-corrected chi connectivity index (χ0v) is 14.7. The Kier molecular flexibility index (Phi) is 6.17. The van der Waals surface area contributed by atoms with Gasteiger partial charge in [-0.1, -0.05) is 24.3 Å². The van der Waals surface area contributed by atoms with Gasteiger partial charge in [-0.3, -0.25) is 0 Å². The lowest BCUT2D eigenvalue weighted by atomic mass is 10.1. The Balaban J connectivity index is 1.73. The van der Waals surface area contributed by atoms with Crippen LogP contribution in [0.25, 0.3) is 21.8 Å². The Bertz CT molecular complexity index is 774. The fourth-order valence-electron chi connectivity index (χ4n) is 3.28. The van der Waals surface area contributed by atoms with E-state index in [-0.39, 0.29) is 0 Å². The third-order valence-corrected chi connectivity index (χ3v) is 4.50. The van der Waals surface area contributed by atoms with Crippen molar-refractivity contribution in [3.8, 4) is 0 Å². The zero-order chi connectivity index (χ0) is 17.5. The van der Waals surface area contributed by atoms with E-state index in [1.807, 2.05) is 12.1 Å². The summed E-state index contributed by atoms with van der Waals surface area (Å²) in [6.45, 7) is 5.44. The highest BCUT2D eigenvalue weighted by atomic mass is 15.0. The quantitative estimate of drug-likeness (QED) is 0.270. The minimum atomic E-state index is 0.688. The number of fused-ring (bicyclic) bond motifs is 2. The van der Waals surface area contributed by atoms with Crippen LogP contribution in [-0.4, -0.2) is 32.7 Å². The molecule has 0 atom stereocenters. The number of nitrogens with zero attached hydrogens (tertiary/aromatic N) is 1. The smallest absolute Gasteiger partial charge is 0.215 e. The number of benzene rings is 2. The second-order valence-corrected chi connectivity index (χ2v) is 6.24. The summed E-state index contributed by atoms with van der Waals surface area (Å²) in [4.78, 5) is 0. The van der Waals surface area contributed by atoms with E-state index in [0.717, 1.165) is 55.6 Å². The van der Waals surface area contributed by atoms with Crippen LogP contribution in [0.4, 0.5) is 5.69 Å². The lowest BCUT2D eigenvalue weighted by molar-refractivity contribution is -0.645. The Morgan fingerprint density at radius 2 is 1.32 bits per heavy atom. The standard InChI is InChI=1S/C20H27N5/c21-10-12-24-14-13-23-11-5-15-25-18-8-3-1-6-16(18)20(22)17-7-2-4-9-19(17)25/h1-4,6-9,22-24H,5,10-15,21H2/p+1. The molecule has 0 aliphatic carbocycles. The molecule has 3 aromatic rings. The Morgan fingerprint density at radius 1 is 0.760 bits per heavy atom. The van der Waals surface area contributed by atoms with Gasteiger partial charge < -0.3 is 22.1 Å². The molecule has 0 spiro atoms. The molecule has 0 saturated heterocycles. The summed E-state index contributed by atoms with van der Waals surface area (Å²) in [7, 11) is 0. The Labute approximate surface area is 149 Å². The number of aryl methyl sites for hydroxylation is 1. The molecule has 2 aromatic carbocycles. The Morgan fingerprint density at radius 3 is 1.92 bits per heavy atom. The summed E-state index contributed by atoms with van der Waals surface area (Å²) >= 11 is 0. The van der Waals surface area contributed by atoms with Crippen LogP contribution in [0.15, 0.2) is 48.5 Å². The SMILES string of the molecule is NCCNCCNCCC[n+]1c2ccccc2c(N)c2ccccc21. The van der Waals surface area contributed by atoms with Crippen molar-refractivity contribution in [3.63, 3.8) is 0 Å². The second kappa shape index (κ2) is 8.76. The van der Waals surface area contributed by atoms with Crippen LogP contribution in [-0.2, 0) is 6.54 Å². The number of anilines is 1. The minimum Gasteiger partial charge on any atom is -0.397 e. The topological polar surface area (TPSA) is 80.0 Å². The van der Waals surface area contributed by atoms with Crippen LogP contribution < -0.4 is 26.7 Å². The molecule has 0 unspecified atom stereocenters. The van der Waals surface area contributed by atoms with Crippen LogP contribution in [0, 0.1) is 0 Å². The first-order chi connectivity index (χ1) is 12.3. The van der Waals surface area contributed by atoms with E-state index in [1.54, 1.807) is 0 Å². The minimum absolute atomic E-state index is 0.688. The first-order valence-corrected chi connectivity index (χ1v) is 9.03. The molecule has 5 nitrogen and oxygen atoms in total. The summed E-state index contributed by atoms with van der Waals surface area (Å²) in [5, 5.41) is 9.02. The van der Waals surface area contributed by atoms with Gasteiger partial charge in [-0.25, -0.2) is 0 Å². The van der Waals surface area contributed by atoms with Crippen molar-refractivity contribution in [1.82, 2.24) is 10.6 Å². The van der Waals surface area contributed by atoms with Gasteiger partial charge in [0.1, 0.15) is 0 Å². The van der Waals surface area contributed by atoms with Gasteiger partial charge in [0.25, 0.3) is 0 Å². The molecule has 0 saturated carbocycles. The largest absolute Gasteiger partial charge is 0.397 e. The van der Waals surface area contributed by atoms with Crippen LogP contribution in [0.5, 0.6) is 0 Å². The number of nitrogen functional groups attached to an aromatic ring is 1. The van der Waals surface area contributed by atoms with Crippen molar-refractivity contribution < 1.29 is 4.57 Å². The molecule has 0 aliphatic heterocycles. The molecule has 25 heavy (non-hydrogen) atoms. The number of rotatable bonds is 9. The third-order valence-electron chi connectivity index (χ3n) is 4.50. The summed E-state index contributed by atoms with van der Waals surface area (Å²) < 4.78 is 2.38. The van der Waals surface area contributed by atoms with Crippen molar-refractivity contribution in [2.75, 3.05) is 38.5 Å². The van der Waals surface area contributed by atoms with Crippen LogP contribution in [0.1, 0.15) is 6.42 Å². The van der Waals surface area contributed by atoms with E-state index < -0.39 is 0 Å². The average Bonchev–Trinajstić information content (AvgIpc) is 2.66. The summed E-state index contributed by atoms with van der Waals surface area (Å²) in [5.74, 6) is 0. The number of pyridine rings is 1. The highest BCUT2D eigenvalue weighted by Gasteiger charge is 2.17. The predicted octanol–water partition coefficient (Wildman–Crippen LogP) is 1.39. The van der Waals surface area contributed by atoms with E-state index >= 15 is 0 Å². The van der Waals surface area contributed by atoms with E-state index in [0.29, 0.717) is 6.54 Å². The van der Waals surface area contributed by atoms with Crippen molar-refractivity contribution in [1.29, 1.82) is 0 Å². The maximum absolute atomic E-state index is 6.42. The summed E-state index contributed by atoms with van der Waals surface area (Å²) in [6.07, 6.45) is 1.07. The predicted molar refractivity (Wildman–Crippen MR) is 105 cm³/mol. The van der Waals surface area contributed by atoms with Gasteiger partial charge >= 0.3 is 0 Å². The molecule has 6 N–H and O–H groups in total. The molecule has 0 radical (unpaired) electrons. The number of nitrogens with one attached hydrogen (secondary N) is 2. The van der Waals surface area contributed by atoms with Gasteiger partial charge in [0.05, 0.1) is 16.5 Å². The van der Waals surface area contributed by atoms with E-state index in [4.69, 9.17) is 11.5 Å². The van der Waals surface area contributed by atoms with Gasteiger partial charge in [0.2, 0.25) is 11.0 Å². The zero-order valence-electron chi connectivity index (χ0n) is 14.7. The van der Waals surface area contributed by atoms with Crippen molar-refractivity contribution in [3.05, 3.63) is 48.5 Å². The number of hydrogen-bond donors (Lipinski definition) is 4. The lowest BCUT2D eigenvalue weighted by Gasteiger charge is -2.09. The van der Waals surface area contributed by atoms with Gasteiger partial charge in [0.15, 0.2) is 6.54 Å². The summed E-state index contributed by atoms with van der Waals surface area (Å²) in [6, 6.07) is 16.8. The first kappa shape index (κ1) is 17.6. The maximum atomic E-state index is 6.42. The maximum Gasteiger partial charge on any atom is 0.215 e. The van der Waals surface area contributed by atoms with Crippen LogP contribution in [0.2, 0.25) is 0 Å². The van der Waals surface area contributed by atoms with Crippen LogP contribution >= 0.6 is 0 Å². The molecule has 0 amide bonds. The van der Waals surface area contributed by atoms with Crippen molar-refractivity contribution in [2.45, 2.75) is 13.0 Å². The number of hydrogen-bond acceptors (Lipinski definition) is 4. The third kappa shape index (κ3) is 4.07. The van der Waals surface area contributed by atoms with E-state index in [1.165, 1.54) is 11.0 Å². The average molecular weight is 338 g/mol. The molecule has 3 rings (SSSR count). The Hall–Kier alpha value is -2.21. The first-order valence-electron chi connectivity index (χ1n) is 9.03. The number of aromatic nitrogens is 1. The molecule has 132 valence electrons. The summed E-state index contributed by atoms with van der Waals surface area (Å²) in [5.41, 5.74) is 15.1.